The predicted molar refractivity (Wildman–Crippen MR) is 156 cm³/mol. The molecule has 0 bridgehead atoms. The average molecular weight is 576 g/mol. The Morgan fingerprint density at radius 1 is 1.10 bits per heavy atom. The number of carbonyl (C=O) groups is 1. The quantitative estimate of drug-likeness (QED) is 0.329. The molecule has 3 aromatic heterocycles. The molecule has 4 heterocycles. The van der Waals surface area contributed by atoms with E-state index in [0.717, 1.165) is 25.2 Å². The number of fused-ring (bicyclic) bond motifs is 1. The van der Waals surface area contributed by atoms with Gasteiger partial charge in [-0.2, -0.15) is 9.61 Å². The molecule has 1 saturated carbocycles. The van der Waals surface area contributed by atoms with E-state index in [9.17, 15) is 9.90 Å². The number of pyridine rings is 1. The molecule has 1 unspecified atom stereocenters. The van der Waals surface area contributed by atoms with E-state index in [1.165, 1.54) is 16.6 Å². The van der Waals surface area contributed by atoms with Gasteiger partial charge in [0.2, 0.25) is 11.9 Å². The lowest BCUT2D eigenvalue weighted by molar-refractivity contribution is -0.132. The summed E-state index contributed by atoms with van der Waals surface area (Å²) in [5.74, 6) is -0.646. The number of piperidine rings is 1. The van der Waals surface area contributed by atoms with Crippen molar-refractivity contribution >= 4 is 28.7 Å². The lowest BCUT2D eigenvalue weighted by Crippen LogP contribution is -2.55. The van der Waals surface area contributed by atoms with Gasteiger partial charge in [0.05, 0.1) is 46.1 Å². The number of nitrogens with one attached hydrogen (secondary N) is 1. The largest absolute Gasteiger partial charge is 0.385 e. The smallest absolute Gasteiger partial charge is 0.229 e. The van der Waals surface area contributed by atoms with Gasteiger partial charge < -0.3 is 20.2 Å². The number of halogens is 2. The first-order valence-corrected chi connectivity index (χ1v) is 14.3. The van der Waals surface area contributed by atoms with E-state index >= 15 is 8.78 Å². The Kier molecular flexibility index (Phi) is 7.08. The lowest BCUT2D eigenvalue weighted by Gasteiger charge is -2.46. The molecule has 0 spiro atoms. The van der Waals surface area contributed by atoms with Crippen LogP contribution in [0.2, 0.25) is 0 Å². The fraction of sp³-hybridized carbons (Fsp3) is 0.419. The topological polar surface area (TPSA) is 98.9 Å². The van der Waals surface area contributed by atoms with E-state index in [-0.39, 0.29) is 40.6 Å². The van der Waals surface area contributed by atoms with Gasteiger partial charge >= 0.3 is 0 Å². The molecule has 1 saturated heterocycles. The van der Waals surface area contributed by atoms with Crippen LogP contribution in [-0.2, 0) is 10.4 Å². The number of benzene rings is 1. The highest BCUT2D eigenvalue weighted by molar-refractivity contribution is 5.75. The Bertz CT molecular complexity index is 1620. The van der Waals surface area contributed by atoms with Crippen LogP contribution in [0.15, 0.2) is 48.9 Å². The Balaban J connectivity index is 1.30. The van der Waals surface area contributed by atoms with Crippen LogP contribution >= 0.6 is 0 Å². The molecule has 9 nitrogen and oxygen atoms in total. The fourth-order valence-corrected chi connectivity index (χ4v) is 6.58. The third-order valence-corrected chi connectivity index (χ3v) is 8.91. The minimum atomic E-state index is -1.17. The number of aliphatic hydroxyl groups is 1. The molecule has 2 N–H and O–H groups in total. The molecule has 0 radical (unpaired) electrons. The van der Waals surface area contributed by atoms with E-state index in [2.05, 4.69) is 39.1 Å². The summed E-state index contributed by atoms with van der Waals surface area (Å²) in [5, 5.41) is 18.5. The molecule has 220 valence electrons. The van der Waals surface area contributed by atoms with Crippen LogP contribution in [0, 0.1) is 23.5 Å². The molecular formula is C31H35F2N7O2. The molecular weight excluding hydrogens is 540 g/mol. The molecule has 2 fully saturated rings. The van der Waals surface area contributed by atoms with E-state index in [1.54, 1.807) is 37.6 Å². The summed E-state index contributed by atoms with van der Waals surface area (Å²) >= 11 is 0. The van der Waals surface area contributed by atoms with Crippen molar-refractivity contribution in [1.82, 2.24) is 24.5 Å². The number of nitrogens with zero attached hydrogens (tertiary/aromatic N) is 6. The van der Waals surface area contributed by atoms with Crippen molar-refractivity contribution in [3.63, 3.8) is 0 Å². The van der Waals surface area contributed by atoms with Crippen molar-refractivity contribution in [2.24, 2.45) is 11.8 Å². The van der Waals surface area contributed by atoms with Gasteiger partial charge in [-0.1, -0.05) is 13.8 Å². The average Bonchev–Trinajstić information content (AvgIpc) is 3.33. The van der Waals surface area contributed by atoms with E-state index in [1.807, 2.05) is 18.0 Å². The van der Waals surface area contributed by atoms with Gasteiger partial charge in [0.25, 0.3) is 0 Å². The molecule has 1 aliphatic heterocycles. The number of anilines is 3. The van der Waals surface area contributed by atoms with Gasteiger partial charge in [-0.05, 0) is 67.0 Å². The number of hydrogen-bond acceptors (Lipinski definition) is 7. The minimum absolute atomic E-state index is 0.0582. The SMILES string of the molecule is CC(=O)N(C)C1[C@H](C)CN(c2ccncc2Nc2ncc3ccc(-c4c(F)cc(C5(O)CCC5)cc4F)nn23)C[C@@H]1C. The van der Waals surface area contributed by atoms with Gasteiger partial charge in [-0.3, -0.25) is 9.78 Å². The van der Waals surface area contributed by atoms with Crippen molar-refractivity contribution in [1.29, 1.82) is 0 Å². The number of amides is 1. The van der Waals surface area contributed by atoms with E-state index in [4.69, 9.17) is 0 Å². The van der Waals surface area contributed by atoms with E-state index in [0.29, 0.717) is 30.0 Å². The monoisotopic (exact) mass is 575 g/mol. The Morgan fingerprint density at radius 2 is 1.79 bits per heavy atom. The number of imidazole rings is 1. The molecule has 11 heteroatoms. The maximum atomic E-state index is 15.2. The van der Waals surface area contributed by atoms with Gasteiger partial charge in [0.15, 0.2) is 0 Å². The number of carbonyl (C=O) groups excluding carboxylic acids is 1. The first-order valence-electron chi connectivity index (χ1n) is 14.3. The third-order valence-electron chi connectivity index (χ3n) is 8.91. The Morgan fingerprint density at radius 3 is 2.40 bits per heavy atom. The standard InChI is InChI=1S/C31H35F2N7O2/c1-18-16-39(17-19(2)29(18)38(4)20(3)41)27-8-11-34-15-26(27)36-30-35-14-22-6-7-25(37-40(22)30)28-23(32)12-21(13-24(28)33)31(42)9-5-10-31/h6-8,11-15,18-19,29,42H,5,9-10,16-17H2,1-4H3,(H,35,36)/t18-,19+,29?. The molecule has 42 heavy (non-hydrogen) atoms. The van der Waals surface area contributed by atoms with Gasteiger partial charge in [-0.15, -0.1) is 0 Å². The molecule has 1 aliphatic carbocycles. The Labute approximate surface area is 243 Å². The lowest BCUT2D eigenvalue weighted by atomic mass is 9.75. The summed E-state index contributed by atoms with van der Waals surface area (Å²) in [4.78, 5) is 25.0. The van der Waals surface area contributed by atoms with Crippen LogP contribution < -0.4 is 10.2 Å². The van der Waals surface area contributed by atoms with Crippen molar-refractivity contribution in [3.8, 4) is 11.3 Å². The molecule has 1 amide bonds. The normalized spacial score (nSPS) is 21.7. The van der Waals surface area contributed by atoms with Crippen LogP contribution in [0.25, 0.3) is 16.8 Å². The van der Waals surface area contributed by atoms with Crippen LogP contribution in [0.4, 0.5) is 26.1 Å². The van der Waals surface area contributed by atoms with Crippen LogP contribution in [0.3, 0.4) is 0 Å². The maximum absolute atomic E-state index is 15.2. The summed E-state index contributed by atoms with van der Waals surface area (Å²) in [6.45, 7) is 7.42. The molecule has 6 rings (SSSR count). The van der Waals surface area contributed by atoms with Crippen LogP contribution in [0.1, 0.15) is 45.6 Å². The van der Waals surface area contributed by atoms with Crippen LogP contribution in [-0.4, -0.2) is 61.7 Å². The highest BCUT2D eigenvalue weighted by Crippen LogP contribution is 2.42. The molecule has 3 atom stereocenters. The second-order valence-electron chi connectivity index (χ2n) is 11.8. The number of rotatable bonds is 6. The predicted octanol–water partition coefficient (Wildman–Crippen LogP) is 5.12. The molecule has 1 aromatic carbocycles. The zero-order valence-electron chi connectivity index (χ0n) is 24.2. The summed E-state index contributed by atoms with van der Waals surface area (Å²) in [6, 6.07) is 7.75. The van der Waals surface area contributed by atoms with Gasteiger partial charge in [0.1, 0.15) is 11.6 Å². The summed E-state index contributed by atoms with van der Waals surface area (Å²) in [6.07, 6.45) is 6.88. The third kappa shape index (κ3) is 4.85. The van der Waals surface area contributed by atoms with Crippen molar-refractivity contribution in [3.05, 3.63) is 66.1 Å². The number of hydrogen-bond donors (Lipinski definition) is 2. The molecule has 2 aliphatic rings. The Hall–Kier alpha value is -4.12. The fourth-order valence-electron chi connectivity index (χ4n) is 6.58. The van der Waals surface area contributed by atoms with E-state index < -0.39 is 17.2 Å². The highest BCUT2D eigenvalue weighted by Gasteiger charge is 2.38. The minimum Gasteiger partial charge on any atom is -0.385 e. The highest BCUT2D eigenvalue weighted by atomic mass is 19.1. The first kappa shape index (κ1) is 28.0. The van der Waals surface area contributed by atoms with Crippen molar-refractivity contribution in [2.75, 3.05) is 30.4 Å². The van der Waals surface area contributed by atoms with Gasteiger partial charge in [-0.25, -0.2) is 13.8 Å². The van der Waals surface area contributed by atoms with Crippen molar-refractivity contribution < 1.29 is 18.7 Å². The summed E-state index contributed by atoms with van der Waals surface area (Å²) in [5.41, 5.74) is 1.22. The van der Waals surface area contributed by atoms with Crippen LogP contribution in [0.5, 0.6) is 0 Å². The molecule has 4 aromatic rings. The summed E-state index contributed by atoms with van der Waals surface area (Å²) in [7, 11) is 1.86. The van der Waals surface area contributed by atoms with Gasteiger partial charge in [0, 0.05) is 39.3 Å². The zero-order valence-corrected chi connectivity index (χ0v) is 24.2. The second-order valence-corrected chi connectivity index (χ2v) is 11.8. The first-order chi connectivity index (χ1) is 20.1. The summed E-state index contributed by atoms with van der Waals surface area (Å²) < 4.78 is 32.0. The second kappa shape index (κ2) is 10.6. The number of aromatic nitrogens is 4. The van der Waals surface area contributed by atoms with Crippen molar-refractivity contribution in [2.45, 2.75) is 51.7 Å². The maximum Gasteiger partial charge on any atom is 0.229 e. The zero-order chi connectivity index (χ0) is 29.8.